The number of anilines is 1. The molecule has 0 saturated carbocycles. The van der Waals surface area contributed by atoms with Crippen LogP contribution in [0.5, 0.6) is 0 Å². The Morgan fingerprint density at radius 2 is 1.88 bits per heavy atom. The van der Waals surface area contributed by atoms with Crippen molar-refractivity contribution in [1.82, 2.24) is 4.90 Å². The number of carbonyl (C=O) groups excluding carboxylic acids is 3. The zero-order valence-electron chi connectivity index (χ0n) is 14.0. The second-order valence-corrected chi connectivity index (χ2v) is 7.06. The number of carbonyl (C=O) groups is 3. The predicted molar refractivity (Wildman–Crippen MR) is 95.9 cm³/mol. The fourth-order valence-electron chi connectivity index (χ4n) is 2.66. The molecule has 0 aliphatic carbocycles. The molecule has 1 atom stereocenters. The van der Waals surface area contributed by atoms with Crippen LogP contribution in [0, 0.1) is 5.92 Å². The predicted octanol–water partition coefficient (Wildman–Crippen LogP) is 1.71. The topological polar surface area (TPSA) is 92.5 Å². The molecule has 1 fully saturated rings. The molecule has 1 aromatic rings. The molecule has 6 nitrogen and oxygen atoms in total. The van der Waals surface area contributed by atoms with Crippen molar-refractivity contribution in [2.75, 3.05) is 24.7 Å². The molecule has 3 N–H and O–H groups in total. The Hall–Kier alpha value is -2.02. The van der Waals surface area contributed by atoms with Crippen molar-refractivity contribution in [1.29, 1.82) is 0 Å². The lowest BCUT2D eigenvalue weighted by atomic mass is 9.95. The van der Waals surface area contributed by atoms with Crippen LogP contribution >= 0.6 is 11.8 Å². The Morgan fingerprint density at radius 1 is 1.25 bits per heavy atom. The Morgan fingerprint density at radius 3 is 2.46 bits per heavy atom. The van der Waals surface area contributed by atoms with E-state index in [0.717, 1.165) is 0 Å². The van der Waals surface area contributed by atoms with Crippen molar-refractivity contribution in [2.45, 2.75) is 25.0 Å². The first-order valence-electron chi connectivity index (χ1n) is 7.95. The van der Waals surface area contributed by atoms with Gasteiger partial charge in [-0.2, -0.15) is 11.8 Å². The molecule has 7 heteroatoms. The Labute approximate surface area is 146 Å². The highest BCUT2D eigenvalue weighted by molar-refractivity contribution is 7.99. The molecule has 3 amide bonds. The van der Waals surface area contributed by atoms with Gasteiger partial charge in [-0.05, 0) is 38.2 Å². The number of amides is 3. The summed E-state index contributed by atoms with van der Waals surface area (Å²) in [6, 6.07) is 7.00. The van der Waals surface area contributed by atoms with Crippen LogP contribution in [0.4, 0.5) is 5.69 Å². The normalized spacial score (nSPS) is 16.5. The van der Waals surface area contributed by atoms with Gasteiger partial charge in [0.05, 0.1) is 16.5 Å². The van der Waals surface area contributed by atoms with E-state index in [0.29, 0.717) is 37.2 Å². The van der Waals surface area contributed by atoms with Crippen molar-refractivity contribution < 1.29 is 14.4 Å². The molecule has 130 valence electrons. The number of para-hydroxylation sites is 1. The molecule has 1 saturated heterocycles. The minimum atomic E-state index is -0.305. The van der Waals surface area contributed by atoms with Crippen LogP contribution < -0.4 is 11.1 Å². The molecular weight excluding hydrogens is 326 g/mol. The van der Waals surface area contributed by atoms with Gasteiger partial charge in [-0.3, -0.25) is 14.4 Å². The number of hydrogen-bond donors (Lipinski definition) is 2. The monoisotopic (exact) mass is 349 g/mol. The van der Waals surface area contributed by atoms with E-state index >= 15 is 0 Å². The third-order valence-electron chi connectivity index (χ3n) is 4.32. The number of hydrogen-bond acceptors (Lipinski definition) is 4. The smallest absolute Gasteiger partial charge is 0.255 e. The Balaban J connectivity index is 2.10. The highest BCUT2D eigenvalue weighted by Crippen LogP contribution is 2.23. The average Bonchev–Trinajstić information content (AvgIpc) is 2.60. The lowest BCUT2D eigenvalue weighted by Crippen LogP contribution is -2.42. The van der Waals surface area contributed by atoms with E-state index in [9.17, 15) is 14.4 Å². The maximum atomic E-state index is 12.8. The largest absolute Gasteiger partial charge is 0.369 e. The molecule has 1 aliphatic heterocycles. The first-order valence-corrected chi connectivity index (χ1v) is 9.24. The van der Waals surface area contributed by atoms with Crippen LogP contribution in [0.15, 0.2) is 24.3 Å². The number of nitrogens with zero attached hydrogens (tertiary/aromatic N) is 1. The van der Waals surface area contributed by atoms with Gasteiger partial charge >= 0.3 is 0 Å². The van der Waals surface area contributed by atoms with Gasteiger partial charge in [-0.25, -0.2) is 0 Å². The second-order valence-electron chi connectivity index (χ2n) is 5.88. The Kier molecular flexibility index (Phi) is 6.25. The maximum Gasteiger partial charge on any atom is 0.255 e. The average molecular weight is 349 g/mol. The van der Waals surface area contributed by atoms with E-state index < -0.39 is 0 Å². The lowest BCUT2D eigenvalue weighted by molar-refractivity contribution is -0.123. The van der Waals surface area contributed by atoms with Gasteiger partial charge in [0.15, 0.2) is 0 Å². The van der Waals surface area contributed by atoms with Crippen LogP contribution in [0.25, 0.3) is 0 Å². The number of nitrogens with two attached hydrogens (primary N) is 1. The summed E-state index contributed by atoms with van der Waals surface area (Å²) >= 11 is 1.45. The summed E-state index contributed by atoms with van der Waals surface area (Å²) in [5.41, 5.74) is 6.32. The van der Waals surface area contributed by atoms with E-state index in [4.69, 9.17) is 5.73 Å². The fraction of sp³-hybridized carbons (Fsp3) is 0.471. The summed E-state index contributed by atoms with van der Waals surface area (Å²) in [4.78, 5) is 37.8. The summed E-state index contributed by atoms with van der Waals surface area (Å²) in [6.07, 6.45) is 3.03. The molecule has 1 aromatic carbocycles. The highest BCUT2D eigenvalue weighted by Gasteiger charge is 2.27. The van der Waals surface area contributed by atoms with Gasteiger partial charge in [-0.15, -0.1) is 0 Å². The molecule has 1 aliphatic rings. The number of thioether (sulfide) groups is 1. The van der Waals surface area contributed by atoms with Crippen LogP contribution in [0.1, 0.15) is 30.1 Å². The molecule has 0 aromatic heterocycles. The first-order chi connectivity index (χ1) is 11.4. The van der Waals surface area contributed by atoms with Crippen molar-refractivity contribution in [3.63, 3.8) is 0 Å². The minimum absolute atomic E-state index is 0.129. The number of primary amides is 1. The van der Waals surface area contributed by atoms with Crippen molar-refractivity contribution >= 4 is 35.2 Å². The van der Waals surface area contributed by atoms with Gasteiger partial charge in [0, 0.05) is 19.0 Å². The van der Waals surface area contributed by atoms with E-state index in [1.165, 1.54) is 11.8 Å². The standard InChI is InChI=1S/C17H23N3O3S/c1-11(24-2)16(22)19-14-6-4-3-5-13(14)17(23)20-9-7-12(8-10-20)15(18)21/h3-6,11-12H,7-10H2,1-2H3,(H2,18,21)(H,19,22)/t11-/m1/s1. The van der Waals surface area contributed by atoms with Gasteiger partial charge in [0.1, 0.15) is 0 Å². The van der Waals surface area contributed by atoms with Gasteiger partial charge in [0.25, 0.3) is 5.91 Å². The van der Waals surface area contributed by atoms with Gasteiger partial charge < -0.3 is 16.0 Å². The second kappa shape index (κ2) is 8.19. The number of likely N-dealkylation sites (tertiary alicyclic amines) is 1. The van der Waals surface area contributed by atoms with E-state index in [-0.39, 0.29) is 28.9 Å². The zero-order chi connectivity index (χ0) is 17.7. The zero-order valence-corrected chi connectivity index (χ0v) is 14.8. The molecule has 0 unspecified atom stereocenters. The molecule has 0 spiro atoms. The van der Waals surface area contributed by atoms with Crippen LogP contribution in [-0.4, -0.2) is 47.2 Å². The van der Waals surface area contributed by atoms with Crippen molar-refractivity contribution in [3.8, 4) is 0 Å². The Bertz CT molecular complexity index is 627. The summed E-state index contributed by atoms with van der Waals surface area (Å²) in [5.74, 6) is -0.729. The van der Waals surface area contributed by atoms with E-state index in [1.807, 2.05) is 13.2 Å². The molecule has 24 heavy (non-hydrogen) atoms. The first kappa shape index (κ1) is 18.3. The fourth-order valence-corrected chi connectivity index (χ4v) is 2.93. The molecule has 0 bridgehead atoms. The molecule has 2 rings (SSSR count). The third-order valence-corrected chi connectivity index (χ3v) is 5.24. The van der Waals surface area contributed by atoms with Crippen LogP contribution in [0.2, 0.25) is 0 Å². The summed E-state index contributed by atoms with van der Waals surface area (Å²) in [5, 5.41) is 2.63. The molecule has 1 heterocycles. The number of nitrogens with one attached hydrogen (secondary N) is 1. The van der Waals surface area contributed by atoms with Crippen molar-refractivity contribution in [2.24, 2.45) is 11.7 Å². The quantitative estimate of drug-likeness (QED) is 0.846. The van der Waals surface area contributed by atoms with Gasteiger partial charge in [0.2, 0.25) is 11.8 Å². The van der Waals surface area contributed by atoms with Crippen molar-refractivity contribution in [3.05, 3.63) is 29.8 Å². The maximum absolute atomic E-state index is 12.8. The molecular formula is C17H23N3O3S. The van der Waals surface area contributed by atoms with Crippen LogP contribution in [-0.2, 0) is 9.59 Å². The number of benzene rings is 1. The highest BCUT2D eigenvalue weighted by atomic mass is 32.2. The lowest BCUT2D eigenvalue weighted by Gasteiger charge is -2.31. The van der Waals surface area contributed by atoms with Gasteiger partial charge in [-0.1, -0.05) is 12.1 Å². The SMILES string of the molecule is CS[C@H](C)C(=O)Nc1ccccc1C(=O)N1CCC(C(N)=O)CC1. The molecule has 0 radical (unpaired) electrons. The number of piperidine rings is 1. The summed E-state index contributed by atoms with van der Waals surface area (Å²) < 4.78 is 0. The van der Waals surface area contributed by atoms with E-state index in [1.54, 1.807) is 29.2 Å². The summed E-state index contributed by atoms with van der Waals surface area (Å²) in [7, 11) is 0. The number of rotatable bonds is 5. The van der Waals surface area contributed by atoms with Crippen LogP contribution in [0.3, 0.4) is 0 Å². The summed E-state index contributed by atoms with van der Waals surface area (Å²) in [6.45, 7) is 2.81. The third kappa shape index (κ3) is 4.29. The van der Waals surface area contributed by atoms with E-state index in [2.05, 4.69) is 5.32 Å². The minimum Gasteiger partial charge on any atom is -0.369 e.